The number of alkyl halides is 17. The van der Waals surface area contributed by atoms with E-state index in [0.717, 1.165) is 6.08 Å². The fourth-order valence-electron chi connectivity index (χ4n) is 6.49. The smallest absolute Gasteiger partial charge is 0.460 e. The summed E-state index contributed by atoms with van der Waals surface area (Å²) in [6.07, 6.45) is -11.3. The monoisotopic (exact) mass is 1020 g/mol. The van der Waals surface area contributed by atoms with Crippen LogP contribution in [-0.4, -0.2) is 107 Å². The zero-order chi connectivity index (χ0) is 51.8. The highest BCUT2D eigenvalue weighted by Gasteiger charge is 2.95. The third-order valence-corrected chi connectivity index (χ3v) is 16.1. The molecule has 2 rings (SSSR count). The molecule has 0 aliphatic heterocycles. The van der Waals surface area contributed by atoms with E-state index in [9.17, 15) is 75.4 Å². The molecule has 2 aromatic rings. The average Bonchev–Trinajstić information content (AvgIpc) is 3.23. The zero-order valence-electron chi connectivity index (χ0n) is 35.8. The fourth-order valence-corrected chi connectivity index (χ4v) is 11.0. The molecule has 2 atom stereocenters. The van der Waals surface area contributed by atoms with Gasteiger partial charge in [-0.15, -0.1) is 0 Å². The first-order valence-corrected chi connectivity index (χ1v) is 21.6. The SMILES string of the molecule is COc1ccc(NC(=O)O[C@@H](c2ccc(OCCO[Si](CCC(F)(F)C(F)(F)C(F)(F)C(F)(F)C(F)(F)C(F)(F)C(F)(F)C(F)(F)F)(C(C)C)C(C)C)cc2)[C@H](C/C=C/C(=O)NO)OC)cc1. The molecule has 0 saturated heterocycles. The van der Waals surface area contributed by atoms with Crippen molar-refractivity contribution in [2.24, 2.45) is 0 Å². The molecule has 67 heavy (non-hydrogen) atoms. The molecule has 0 heterocycles. The molecule has 0 fully saturated rings. The third kappa shape index (κ3) is 12.2. The summed E-state index contributed by atoms with van der Waals surface area (Å²) in [5.41, 5.74) is 0.158. The van der Waals surface area contributed by atoms with E-state index >= 15 is 8.78 Å². The van der Waals surface area contributed by atoms with E-state index in [-0.39, 0.29) is 17.7 Å². The van der Waals surface area contributed by atoms with Gasteiger partial charge >= 0.3 is 53.7 Å². The Bertz CT molecular complexity index is 1950. The molecular weight excluding hydrogens is 975 g/mol. The number of halogens is 17. The maximum Gasteiger partial charge on any atom is 0.460 e. The Kier molecular flexibility index (Phi) is 19.1. The Morgan fingerprint density at radius 1 is 0.672 bits per heavy atom. The highest BCUT2D eigenvalue weighted by Crippen LogP contribution is 2.64. The molecule has 0 unspecified atom stereocenters. The van der Waals surface area contributed by atoms with Gasteiger partial charge in [-0.25, -0.2) is 10.3 Å². The number of nitrogens with one attached hydrogen (secondary N) is 2. The Labute approximate surface area is 372 Å². The first-order valence-electron chi connectivity index (χ1n) is 19.3. The number of benzene rings is 2. The first kappa shape index (κ1) is 58.6. The van der Waals surface area contributed by atoms with Gasteiger partial charge in [0.2, 0.25) is 0 Å². The van der Waals surface area contributed by atoms with E-state index in [1.165, 1.54) is 89.9 Å². The average molecular weight is 1020 g/mol. The Morgan fingerprint density at radius 3 is 1.60 bits per heavy atom. The lowest BCUT2D eigenvalue weighted by Gasteiger charge is -2.44. The predicted octanol–water partition coefficient (Wildman–Crippen LogP) is 12.0. The summed E-state index contributed by atoms with van der Waals surface area (Å²) < 4.78 is 264. The lowest BCUT2D eigenvalue weighted by atomic mass is 9.88. The van der Waals surface area contributed by atoms with Crippen LogP contribution < -0.4 is 20.3 Å². The van der Waals surface area contributed by atoms with Gasteiger partial charge in [0, 0.05) is 25.3 Å². The van der Waals surface area contributed by atoms with Crippen molar-refractivity contribution in [3.63, 3.8) is 0 Å². The van der Waals surface area contributed by atoms with Gasteiger partial charge in [-0.2, -0.15) is 74.6 Å². The van der Waals surface area contributed by atoms with E-state index < -0.39 is 117 Å². The van der Waals surface area contributed by atoms with Crippen LogP contribution in [0.3, 0.4) is 0 Å². The van der Waals surface area contributed by atoms with Crippen molar-refractivity contribution in [2.45, 2.75) is 118 Å². The van der Waals surface area contributed by atoms with E-state index in [1.807, 2.05) is 0 Å². The molecule has 0 spiro atoms. The van der Waals surface area contributed by atoms with Gasteiger partial charge < -0.3 is 23.4 Å². The van der Waals surface area contributed by atoms with Crippen molar-refractivity contribution in [3.8, 4) is 11.5 Å². The molecule has 10 nitrogen and oxygen atoms in total. The number of methoxy groups -OCH3 is 2. The van der Waals surface area contributed by atoms with E-state index in [0.29, 0.717) is 11.4 Å². The van der Waals surface area contributed by atoms with Gasteiger partial charge in [0.05, 0.1) is 13.7 Å². The molecule has 3 N–H and O–H groups in total. The molecule has 382 valence electrons. The van der Waals surface area contributed by atoms with Crippen LogP contribution in [0.1, 0.15) is 52.2 Å². The molecule has 0 aromatic heterocycles. The van der Waals surface area contributed by atoms with Crippen LogP contribution in [0.25, 0.3) is 0 Å². The van der Waals surface area contributed by atoms with Crippen molar-refractivity contribution >= 4 is 26.0 Å². The van der Waals surface area contributed by atoms with Gasteiger partial charge in [-0.3, -0.25) is 15.3 Å². The van der Waals surface area contributed by atoms with Gasteiger partial charge in [0.15, 0.2) is 14.4 Å². The van der Waals surface area contributed by atoms with Crippen LogP contribution in [0, 0.1) is 0 Å². The summed E-state index contributed by atoms with van der Waals surface area (Å²) in [5.74, 6) is -57.3. The highest BCUT2D eigenvalue weighted by molar-refractivity contribution is 6.76. The minimum Gasteiger partial charge on any atom is -0.497 e. The number of hydroxylamine groups is 1. The van der Waals surface area contributed by atoms with Gasteiger partial charge in [-0.05, 0) is 65.5 Å². The number of carbonyl (C=O) groups excluding carboxylic acids is 2. The molecular formula is C39H45F17N2O8Si. The van der Waals surface area contributed by atoms with E-state index in [4.69, 9.17) is 28.6 Å². The summed E-state index contributed by atoms with van der Waals surface area (Å²) in [6.45, 7) is 4.18. The summed E-state index contributed by atoms with van der Waals surface area (Å²) in [5, 5.41) is 11.3. The Morgan fingerprint density at radius 2 is 1.15 bits per heavy atom. The van der Waals surface area contributed by atoms with Crippen LogP contribution in [0.15, 0.2) is 60.7 Å². The molecule has 0 aliphatic rings. The van der Waals surface area contributed by atoms with Crippen molar-refractivity contribution in [1.29, 1.82) is 0 Å². The van der Waals surface area contributed by atoms with Gasteiger partial charge in [0.25, 0.3) is 5.91 Å². The van der Waals surface area contributed by atoms with E-state index in [1.54, 1.807) is 12.1 Å². The van der Waals surface area contributed by atoms with Crippen molar-refractivity contribution in [3.05, 3.63) is 66.2 Å². The van der Waals surface area contributed by atoms with Crippen LogP contribution in [0.4, 0.5) is 85.1 Å². The summed E-state index contributed by atoms with van der Waals surface area (Å²) in [6, 6.07) is 10.3. The minimum absolute atomic E-state index is 0.0580. The number of rotatable bonds is 25. The second-order valence-electron chi connectivity index (χ2n) is 15.2. The molecule has 0 saturated carbocycles. The standard InChI is InChI=1S/C39H45F17N2O8Si/c1-22(2)67(23(3)4,21-18-32(40,41)33(42,43)34(44,45)35(46,47)36(48,49)37(50,51)38(52,53)39(54,55)56)65-20-19-64-27-14-10-24(11-15-27)30(28(63-6)8-7-9-29(59)58-61)66-31(60)57-25-12-16-26(62-5)17-13-25/h7,9-17,22-23,28,30,61H,8,18-21H2,1-6H3,(H,57,60)(H,58,59)/b9-7+/t28-,30-/m0/s1. The van der Waals surface area contributed by atoms with Crippen molar-refractivity contribution in [1.82, 2.24) is 5.48 Å². The van der Waals surface area contributed by atoms with Crippen molar-refractivity contribution < 1.29 is 113 Å². The van der Waals surface area contributed by atoms with Crippen molar-refractivity contribution in [2.75, 3.05) is 32.8 Å². The fraction of sp³-hybridized carbons (Fsp3) is 0.590. The molecule has 2 amide bonds. The maximum atomic E-state index is 15.0. The maximum absolute atomic E-state index is 15.0. The summed E-state index contributed by atoms with van der Waals surface area (Å²) >= 11 is 0. The van der Waals surface area contributed by atoms with Crippen LogP contribution in [-0.2, 0) is 18.7 Å². The number of anilines is 1. The Hall–Kier alpha value is -4.57. The lowest BCUT2D eigenvalue weighted by molar-refractivity contribution is -0.461. The number of hydrogen-bond acceptors (Lipinski definition) is 8. The largest absolute Gasteiger partial charge is 0.497 e. The van der Waals surface area contributed by atoms with Crippen LogP contribution in [0.5, 0.6) is 11.5 Å². The Balaban J connectivity index is 2.32. The number of carbonyl (C=O) groups is 2. The summed E-state index contributed by atoms with van der Waals surface area (Å²) in [7, 11) is -1.35. The molecule has 0 bridgehead atoms. The quantitative estimate of drug-likeness (QED) is 0.0224. The van der Waals surface area contributed by atoms with Crippen LogP contribution in [0.2, 0.25) is 17.1 Å². The second kappa shape index (κ2) is 21.8. The molecule has 2 aromatic carbocycles. The molecule has 28 heteroatoms. The zero-order valence-corrected chi connectivity index (χ0v) is 36.8. The molecule has 0 radical (unpaired) electrons. The number of amides is 2. The predicted molar refractivity (Wildman–Crippen MR) is 204 cm³/mol. The van der Waals surface area contributed by atoms with E-state index in [2.05, 4.69) is 5.32 Å². The van der Waals surface area contributed by atoms with Crippen LogP contribution >= 0.6 is 0 Å². The molecule has 0 aliphatic carbocycles. The first-order chi connectivity index (χ1) is 30.5. The summed E-state index contributed by atoms with van der Waals surface area (Å²) in [4.78, 5) is 24.4. The normalized spacial score (nSPS) is 14.9. The third-order valence-electron chi connectivity index (χ3n) is 10.5. The van der Waals surface area contributed by atoms with Gasteiger partial charge in [-0.1, -0.05) is 45.9 Å². The number of ether oxygens (including phenoxy) is 4. The second-order valence-corrected chi connectivity index (χ2v) is 20.3. The number of hydrogen-bond donors (Lipinski definition) is 3. The lowest BCUT2D eigenvalue weighted by Crippen LogP contribution is -2.74. The minimum atomic E-state index is -8.71. The van der Waals surface area contributed by atoms with Gasteiger partial charge in [0.1, 0.15) is 24.2 Å². The topological polar surface area (TPSA) is 125 Å². The highest BCUT2D eigenvalue weighted by atomic mass is 28.4.